The first-order valence-corrected chi connectivity index (χ1v) is 5.87. The zero-order chi connectivity index (χ0) is 10.1. The van der Waals surface area contributed by atoms with Crippen molar-refractivity contribution < 1.29 is 12.8 Å². The van der Waals surface area contributed by atoms with Crippen LogP contribution in [0.3, 0.4) is 0 Å². The highest BCUT2D eigenvalue weighted by molar-refractivity contribution is 7.89. The third kappa shape index (κ3) is 3.55. The summed E-state index contributed by atoms with van der Waals surface area (Å²) in [6, 6.07) is 4.28. The van der Waals surface area contributed by atoms with Gasteiger partial charge in [0, 0.05) is 6.26 Å². The number of hydrogen-bond donors (Lipinski definition) is 0. The summed E-state index contributed by atoms with van der Waals surface area (Å²) in [5.41, 5.74) is 1.23. The molecule has 0 bridgehead atoms. The summed E-state index contributed by atoms with van der Waals surface area (Å²) in [5.74, 6) is -0.496. The predicted octanol–water partition coefficient (Wildman–Crippen LogP) is 1.68. The molecular weight excluding hydrogens is 191 g/mol. The van der Waals surface area contributed by atoms with Crippen LogP contribution in [0, 0.1) is 12.7 Å². The van der Waals surface area contributed by atoms with Gasteiger partial charge < -0.3 is 0 Å². The summed E-state index contributed by atoms with van der Waals surface area (Å²) >= 11 is 0. The molecule has 0 atom stereocenters. The van der Waals surface area contributed by atoms with Crippen molar-refractivity contribution in [1.82, 2.24) is 0 Å². The number of sulfone groups is 1. The minimum atomic E-state index is -3.08. The van der Waals surface area contributed by atoms with E-state index in [1.54, 1.807) is 13.0 Å². The molecule has 4 heteroatoms. The topological polar surface area (TPSA) is 34.1 Å². The van der Waals surface area contributed by atoms with E-state index < -0.39 is 15.7 Å². The van der Waals surface area contributed by atoms with E-state index in [0.717, 1.165) is 11.8 Å². The van der Waals surface area contributed by atoms with E-state index in [4.69, 9.17) is 0 Å². The Morgan fingerprint density at radius 2 is 1.92 bits per heavy atom. The van der Waals surface area contributed by atoms with Crippen molar-refractivity contribution in [2.45, 2.75) is 12.7 Å². The van der Waals surface area contributed by atoms with Crippen molar-refractivity contribution in [1.29, 1.82) is 0 Å². The molecule has 0 saturated heterocycles. The molecule has 0 saturated carbocycles. The molecule has 0 spiro atoms. The first-order valence-electron chi connectivity index (χ1n) is 3.80. The van der Waals surface area contributed by atoms with Crippen molar-refractivity contribution in [3.63, 3.8) is 0 Å². The molecule has 0 fully saturated rings. The molecule has 0 unspecified atom stereocenters. The molecule has 0 aliphatic carbocycles. The van der Waals surface area contributed by atoms with Crippen molar-refractivity contribution in [3.05, 3.63) is 35.1 Å². The fourth-order valence-corrected chi connectivity index (χ4v) is 1.97. The van der Waals surface area contributed by atoms with Crippen LogP contribution in [-0.2, 0) is 15.6 Å². The summed E-state index contributed by atoms with van der Waals surface area (Å²) in [6.07, 6.45) is 1.13. The van der Waals surface area contributed by atoms with E-state index in [1.165, 1.54) is 12.1 Å². The van der Waals surface area contributed by atoms with Crippen molar-refractivity contribution in [2.75, 3.05) is 6.26 Å². The molecular formula is C9H11FO2S. The van der Waals surface area contributed by atoms with Gasteiger partial charge in [-0.2, -0.15) is 0 Å². The van der Waals surface area contributed by atoms with Crippen LogP contribution >= 0.6 is 0 Å². The van der Waals surface area contributed by atoms with E-state index in [9.17, 15) is 12.8 Å². The molecule has 13 heavy (non-hydrogen) atoms. The number of hydrogen-bond acceptors (Lipinski definition) is 2. The molecule has 0 radical (unpaired) electrons. The second kappa shape index (κ2) is 3.46. The number of rotatable bonds is 2. The van der Waals surface area contributed by atoms with Gasteiger partial charge in [0.05, 0.1) is 5.75 Å². The quantitative estimate of drug-likeness (QED) is 0.731. The lowest BCUT2D eigenvalue weighted by atomic mass is 10.1. The van der Waals surface area contributed by atoms with Crippen molar-refractivity contribution in [3.8, 4) is 0 Å². The van der Waals surface area contributed by atoms with Gasteiger partial charge in [0.2, 0.25) is 0 Å². The van der Waals surface area contributed by atoms with Crippen LogP contribution in [0.25, 0.3) is 0 Å². The van der Waals surface area contributed by atoms with Gasteiger partial charge >= 0.3 is 0 Å². The Balaban J connectivity index is 3.03. The molecule has 72 valence electrons. The highest BCUT2D eigenvalue weighted by Gasteiger charge is 2.05. The maximum absolute atomic E-state index is 12.8. The average molecular weight is 202 g/mol. The Labute approximate surface area is 77.3 Å². The monoisotopic (exact) mass is 202 g/mol. The minimum Gasteiger partial charge on any atom is -0.229 e. The van der Waals surface area contributed by atoms with Gasteiger partial charge in [-0.05, 0) is 30.2 Å². The lowest BCUT2D eigenvalue weighted by Gasteiger charge is -2.01. The Hall–Kier alpha value is -0.900. The van der Waals surface area contributed by atoms with Crippen LogP contribution in [0.15, 0.2) is 18.2 Å². The first kappa shape index (κ1) is 10.2. The summed E-state index contributed by atoms with van der Waals surface area (Å²) in [6.45, 7) is 1.73. The molecule has 1 aromatic carbocycles. The zero-order valence-corrected chi connectivity index (χ0v) is 8.36. The number of benzene rings is 1. The molecule has 0 amide bonds. The fourth-order valence-electron chi connectivity index (χ4n) is 1.20. The second-order valence-electron chi connectivity index (χ2n) is 3.21. The summed E-state index contributed by atoms with van der Waals surface area (Å²) in [7, 11) is -3.08. The summed E-state index contributed by atoms with van der Waals surface area (Å²) < 4.78 is 34.6. The maximum Gasteiger partial charge on any atom is 0.151 e. The van der Waals surface area contributed by atoms with Gasteiger partial charge in [-0.25, -0.2) is 12.8 Å². The Bertz CT molecular complexity index is 389. The lowest BCUT2D eigenvalue weighted by Crippen LogP contribution is -2.01. The Morgan fingerprint density at radius 3 is 2.38 bits per heavy atom. The van der Waals surface area contributed by atoms with E-state index in [0.29, 0.717) is 5.56 Å². The minimum absolute atomic E-state index is 0.106. The second-order valence-corrected chi connectivity index (χ2v) is 5.35. The largest absolute Gasteiger partial charge is 0.229 e. The maximum atomic E-state index is 12.8. The average Bonchev–Trinajstić information content (AvgIpc) is 1.78. The van der Waals surface area contributed by atoms with Gasteiger partial charge in [0.25, 0.3) is 0 Å². The third-order valence-corrected chi connectivity index (χ3v) is 2.39. The lowest BCUT2D eigenvalue weighted by molar-refractivity contribution is 0.600. The molecule has 0 aliphatic heterocycles. The SMILES string of the molecule is Cc1cc(F)cc(CS(C)(=O)=O)c1. The molecule has 1 rings (SSSR count). The van der Waals surface area contributed by atoms with Crippen LogP contribution in [0.2, 0.25) is 0 Å². The zero-order valence-electron chi connectivity index (χ0n) is 7.54. The molecule has 0 N–H and O–H groups in total. The Morgan fingerprint density at radius 1 is 1.31 bits per heavy atom. The molecule has 0 aromatic heterocycles. The van der Waals surface area contributed by atoms with Crippen LogP contribution in [-0.4, -0.2) is 14.7 Å². The van der Waals surface area contributed by atoms with Gasteiger partial charge in [-0.15, -0.1) is 0 Å². The molecule has 0 aliphatic rings. The van der Waals surface area contributed by atoms with Gasteiger partial charge in [-0.1, -0.05) is 6.07 Å². The van der Waals surface area contributed by atoms with Crippen LogP contribution in [0.4, 0.5) is 4.39 Å². The summed E-state index contributed by atoms with van der Waals surface area (Å²) in [4.78, 5) is 0. The predicted molar refractivity (Wildman–Crippen MR) is 49.7 cm³/mol. The highest BCUT2D eigenvalue weighted by atomic mass is 32.2. The van der Waals surface area contributed by atoms with E-state index in [-0.39, 0.29) is 5.75 Å². The van der Waals surface area contributed by atoms with Gasteiger partial charge in [-0.3, -0.25) is 0 Å². The van der Waals surface area contributed by atoms with E-state index in [2.05, 4.69) is 0 Å². The van der Waals surface area contributed by atoms with E-state index in [1.807, 2.05) is 0 Å². The molecule has 0 heterocycles. The summed E-state index contributed by atoms with van der Waals surface area (Å²) in [5, 5.41) is 0. The van der Waals surface area contributed by atoms with Crippen LogP contribution in [0.1, 0.15) is 11.1 Å². The number of halogens is 1. The van der Waals surface area contributed by atoms with Gasteiger partial charge in [0.15, 0.2) is 9.84 Å². The normalized spacial score (nSPS) is 11.6. The third-order valence-electron chi connectivity index (χ3n) is 1.53. The van der Waals surface area contributed by atoms with Crippen molar-refractivity contribution in [2.24, 2.45) is 0 Å². The fraction of sp³-hybridized carbons (Fsp3) is 0.333. The van der Waals surface area contributed by atoms with Gasteiger partial charge in [0.1, 0.15) is 5.82 Å². The molecule has 1 aromatic rings. The first-order chi connectivity index (χ1) is 5.87. The highest BCUT2D eigenvalue weighted by Crippen LogP contribution is 2.10. The number of aryl methyl sites for hydroxylation is 1. The van der Waals surface area contributed by atoms with Crippen molar-refractivity contribution >= 4 is 9.84 Å². The smallest absolute Gasteiger partial charge is 0.151 e. The van der Waals surface area contributed by atoms with E-state index >= 15 is 0 Å². The van der Waals surface area contributed by atoms with Crippen LogP contribution < -0.4 is 0 Å². The standard InChI is InChI=1S/C9H11FO2S/c1-7-3-8(5-9(10)4-7)6-13(2,11)12/h3-5H,6H2,1-2H3. The Kier molecular flexibility index (Phi) is 2.71. The molecule has 2 nitrogen and oxygen atoms in total. The van der Waals surface area contributed by atoms with Crippen LogP contribution in [0.5, 0.6) is 0 Å².